The molecule has 0 aromatic carbocycles. The number of nitrogens with one attached hydrogen (secondary N) is 1. The van der Waals surface area contributed by atoms with E-state index in [0.717, 1.165) is 19.3 Å². The summed E-state index contributed by atoms with van der Waals surface area (Å²) in [4.78, 5) is 11.8. The predicted molar refractivity (Wildman–Crippen MR) is 66.8 cm³/mol. The van der Waals surface area contributed by atoms with E-state index in [1.165, 1.54) is 24.1 Å². The van der Waals surface area contributed by atoms with Crippen molar-refractivity contribution in [1.82, 2.24) is 15.1 Å². The topological polar surface area (TPSA) is 46.9 Å². The van der Waals surface area contributed by atoms with Gasteiger partial charge in [-0.2, -0.15) is 5.10 Å². The van der Waals surface area contributed by atoms with Gasteiger partial charge in [0, 0.05) is 11.7 Å². The molecule has 0 aliphatic heterocycles. The maximum Gasteiger partial charge on any atom is 0.241 e. The van der Waals surface area contributed by atoms with Gasteiger partial charge in [0.15, 0.2) is 0 Å². The number of aryl methyl sites for hydroxylation is 1. The Balaban J connectivity index is 1.99. The van der Waals surface area contributed by atoms with Gasteiger partial charge in [-0.05, 0) is 44.6 Å². The van der Waals surface area contributed by atoms with Gasteiger partial charge in [-0.1, -0.05) is 6.92 Å². The van der Waals surface area contributed by atoms with Crippen LogP contribution in [0.1, 0.15) is 44.4 Å². The fourth-order valence-electron chi connectivity index (χ4n) is 2.25. The summed E-state index contributed by atoms with van der Waals surface area (Å²) in [5, 5.41) is 7.30. The van der Waals surface area contributed by atoms with Gasteiger partial charge in [-0.15, -0.1) is 0 Å². The van der Waals surface area contributed by atoms with Crippen LogP contribution in [0.3, 0.4) is 0 Å². The van der Waals surface area contributed by atoms with Crippen molar-refractivity contribution in [2.75, 3.05) is 0 Å². The van der Waals surface area contributed by atoms with Crippen molar-refractivity contribution < 1.29 is 4.79 Å². The van der Waals surface area contributed by atoms with Gasteiger partial charge in [0.1, 0.15) is 6.54 Å². The van der Waals surface area contributed by atoms with Crippen LogP contribution < -0.4 is 5.32 Å². The van der Waals surface area contributed by atoms with Crippen LogP contribution in [0.4, 0.5) is 0 Å². The maximum absolute atomic E-state index is 11.8. The summed E-state index contributed by atoms with van der Waals surface area (Å²) in [6, 6.07) is 0.244. The number of fused-ring (bicyclic) bond motifs is 1. The lowest BCUT2D eigenvalue weighted by Gasteiger charge is -2.15. The van der Waals surface area contributed by atoms with Crippen molar-refractivity contribution in [3.63, 3.8) is 0 Å². The van der Waals surface area contributed by atoms with Gasteiger partial charge in [-0.3, -0.25) is 9.48 Å². The second-order valence-electron chi connectivity index (χ2n) is 4.86. The van der Waals surface area contributed by atoms with Crippen molar-refractivity contribution in [3.05, 3.63) is 17.5 Å². The summed E-state index contributed by atoms with van der Waals surface area (Å²) in [7, 11) is 0. The van der Waals surface area contributed by atoms with Crippen molar-refractivity contribution in [1.29, 1.82) is 0 Å². The molecule has 0 unspecified atom stereocenters. The molecule has 1 aromatic rings. The van der Waals surface area contributed by atoms with Gasteiger partial charge >= 0.3 is 0 Å². The Labute approximate surface area is 102 Å². The van der Waals surface area contributed by atoms with Crippen molar-refractivity contribution in [2.24, 2.45) is 0 Å². The third-order valence-electron chi connectivity index (χ3n) is 3.46. The molecule has 1 aromatic heterocycles. The Bertz CT molecular complexity index is 397. The maximum atomic E-state index is 11.8. The first-order valence-electron chi connectivity index (χ1n) is 6.53. The number of hydrogen-bond acceptors (Lipinski definition) is 2. The first-order valence-corrected chi connectivity index (χ1v) is 6.53. The zero-order chi connectivity index (χ0) is 12.3. The predicted octanol–water partition coefficient (Wildman–Crippen LogP) is 1.68. The van der Waals surface area contributed by atoms with Gasteiger partial charge in [0.2, 0.25) is 5.91 Å². The van der Waals surface area contributed by atoms with E-state index in [0.29, 0.717) is 6.54 Å². The highest BCUT2D eigenvalue weighted by molar-refractivity contribution is 5.76. The van der Waals surface area contributed by atoms with E-state index in [1.807, 2.05) is 17.8 Å². The van der Waals surface area contributed by atoms with Crippen molar-refractivity contribution in [2.45, 2.75) is 58.5 Å². The Hall–Kier alpha value is -1.32. The highest BCUT2D eigenvalue weighted by Gasteiger charge is 2.16. The van der Waals surface area contributed by atoms with E-state index in [4.69, 9.17) is 0 Å². The second-order valence-corrected chi connectivity index (χ2v) is 4.86. The third-order valence-corrected chi connectivity index (χ3v) is 3.46. The molecule has 0 radical (unpaired) electrons. The molecule has 0 saturated heterocycles. The molecule has 17 heavy (non-hydrogen) atoms. The normalized spacial score (nSPS) is 16.4. The lowest BCUT2D eigenvalue weighted by molar-refractivity contribution is -0.122. The molecular formula is C13H21N3O. The number of aromatic nitrogens is 2. The number of nitrogens with zero attached hydrogens (tertiary/aromatic N) is 2. The van der Waals surface area contributed by atoms with Crippen molar-refractivity contribution in [3.8, 4) is 0 Å². The molecule has 0 spiro atoms. The van der Waals surface area contributed by atoms with Crippen LogP contribution in [0.15, 0.2) is 6.20 Å². The van der Waals surface area contributed by atoms with Crippen LogP contribution in [-0.2, 0) is 24.2 Å². The van der Waals surface area contributed by atoms with Gasteiger partial charge in [0.25, 0.3) is 0 Å². The zero-order valence-corrected chi connectivity index (χ0v) is 10.7. The smallest absolute Gasteiger partial charge is 0.241 e. The molecular weight excluding hydrogens is 214 g/mol. The molecule has 2 rings (SSSR count). The molecule has 0 saturated carbocycles. The molecule has 1 N–H and O–H groups in total. The molecule has 1 atom stereocenters. The van der Waals surface area contributed by atoms with Crippen molar-refractivity contribution >= 4 is 5.91 Å². The summed E-state index contributed by atoms with van der Waals surface area (Å²) in [6.45, 7) is 4.46. The highest BCUT2D eigenvalue weighted by Crippen LogP contribution is 2.20. The first kappa shape index (κ1) is 12.1. The SMILES string of the molecule is CC[C@H](C)NC(=O)Cn1ncc2c1CCCC2. The Kier molecular flexibility index (Phi) is 3.82. The second kappa shape index (κ2) is 5.34. The van der Waals surface area contributed by atoms with Crippen LogP contribution in [0, 0.1) is 0 Å². The summed E-state index contributed by atoms with van der Waals surface area (Å²) >= 11 is 0. The van der Waals surface area contributed by atoms with Gasteiger partial charge < -0.3 is 5.32 Å². The lowest BCUT2D eigenvalue weighted by atomic mass is 9.98. The molecule has 94 valence electrons. The Morgan fingerprint density at radius 3 is 3.06 bits per heavy atom. The quantitative estimate of drug-likeness (QED) is 0.863. The van der Waals surface area contributed by atoms with Gasteiger partial charge in [0.05, 0.1) is 6.20 Å². The molecule has 4 nitrogen and oxygen atoms in total. The van der Waals surface area contributed by atoms with Crippen LogP contribution in [-0.4, -0.2) is 21.7 Å². The van der Waals surface area contributed by atoms with Crippen LogP contribution in [0.2, 0.25) is 0 Å². The van der Waals surface area contributed by atoms with E-state index in [2.05, 4.69) is 17.3 Å². The average Bonchev–Trinajstić information content (AvgIpc) is 2.72. The summed E-state index contributed by atoms with van der Waals surface area (Å²) in [6.07, 6.45) is 7.52. The molecule has 1 heterocycles. The molecule has 0 bridgehead atoms. The van der Waals surface area contributed by atoms with Crippen LogP contribution in [0.25, 0.3) is 0 Å². The molecule has 1 amide bonds. The lowest BCUT2D eigenvalue weighted by Crippen LogP contribution is -2.35. The van der Waals surface area contributed by atoms with E-state index >= 15 is 0 Å². The van der Waals surface area contributed by atoms with E-state index in [1.54, 1.807) is 0 Å². The summed E-state index contributed by atoms with van der Waals surface area (Å²) in [5.74, 6) is 0.0656. The van der Waals surface area contributed by atoms with Crippen LogP contribution in [0.5, 0.6) is 0 Å². The van der Waals surface area contributed by atoms with E-state index < -0.39 is 0 Å². The summed E-state index contributed by atoms with van der Waals surface area (Å²) in [5.41, 5.74) is 2.59. The monoisotopic (exact) mass is 235 g/mol. The van der Waals surface area contributed by atoms with E-state index in [-0.39, 0.29) is 11.9 Å². The fraction of sp³-hybridized carbons (Fsp3) is 0.692. The fourth-order valence-corrected chi connectivity index (χ4v) is 2.25. The molecule has 0 fully saturated rings. The zero-order valence-electron chi connectivity index (χ0n) is 10.7. The van der Waals surface area contributed by atoms with Gasteiger partial charge in [-0.25, -0.2) is 0 Å². The Morgan fingerprint density at radius 2 is 2.29 bits per heavy atom. The standard InChI is InChI=1S/C13H21N3O/c1-3-10(2)15-13(17)9-16-12-7-5-4-6-11(12)8-14-16/h8,10H,3-7,9H2,1-2H3,(H,15,17)/t10-/m0/s1. The molecule has 4 heteroatoms. The minimum Gasteiger partial charge on any atom is -0.352 e. The number of carbonyl (C=O) groups excluding carboxylic acids is 1. The highest BCUT2D eigenvalue weighted by atomic mass is 16.2. The van der Waals surface area contributed by atoms with Crippen LogP contribution >= 0.6 is 0 Å². The minimum absolute atomic E-state index is 0.0656. The first-order chi connectivity index (χ1) is 8.20. The summed E-state index contributed by atoms with van der Waals surface area (Å²) < 4.78 is 1.87. The number of amides is 1. The molecule has 1 aliphatic carbocycles. The number of rotatable bonds is 4. The minimum atomic E-state index is 0.0656. The Morgan fingerprint density at radius 1 is 1.53 bits per heavy atom. The number of hydrogen-bond donors (Lipinski definition) is 1. The van der Waals surface area contributed by atoms with E-state index in [9.17, 15) is 4.79 Å². The number of carbonyl (C=O) groups is 1. The molecule has 1 aliphatic rings. The average molecular weight is 235 g/mol. The largest absolute Gasteiger partial charge is 0.352 e. The third kappa shape index (κ3) is 2.87.